The SMILES string of the molecule is CCCCCCCCCCCCCCCC(=O)OC1CCC(C(C)(C)C2CCC(O)CC2)CC1. The van der Waals surface area contributed by atoms with Crippen LogP contribution in [0.2, 0.25) is 0 Å². The van der Waals surface area contributed by atoms with E-state index in [2.05, 4.69) is 20.8 Å². The molecule has 0 spiro atoms. The molecule has 0 amide bonds. The monoisotopic (exact) mass is 478 g/mol. The Morgan fingerprint density at radius 2 is 1.09 bits per heavy atom. The maximum Gasteiger partial charge on any atom is 0.306 e. The van der Waals surface area contributed by atoms with Gasteiger partial charge in [-0.2, -0.15) is 0 Å². The van der Waals surface area contributed by atoms with Gasteiger partial charge in [-0.25, -0.2) is 0 Å². The van der Waals surface area contributed by atoms with Crippen molar-refractivity contribution in [3.05, 3.63) is 0 Å². The molecule has 34 heavy (non-hydrogen) atoms. The Bertz CT molecular complexity index is 513. The molecule has 2 aliphatic rings. The molecule has 0 bridgehead atoms. The number of hydrogen-bond acceptors (Lipinski definition) is 3. The van der Waals surface area contributed by atoms with Gasteiger partial charge in [0.1, 0.15) is 6.10 Å². The Hall–Kier alpha value is -0.570. The number of ether oxygens (including phenoxy) is 1. The Balaban J connectivity index is 1.44. The van der Waals surface area contributed by atoms with E-state index in [0.29, 0.717) is 11.8 Å². The van der Waals surface area contributed by atoms with Crippen molar-refractivity contribution < 1.29 is 14.6 Å². The van der Waals surface area contributed by atoms with Gasteiger partial charge in [-0.1, -0.05) is 97.8 Å². The summed E-state index contributed by atoms with van der Waals surface area (Å²) in [7, 11) is 0. The average Bonchev–Trinajstić information content (AvgIpc) is 2.82. The van der Waals surface area contributed by atoms with Gasteiger partial charge >= 0.3 is 5.97 Å². The van der Waals surface area contributed by atoms with Crippen LogP contribution in [0.5, 0.6) is 0 Å². The molecule has 2 aliphatic carbocycles. The number of rotatable bonds is 17. The van der Waals surface area contributed by atoms with Gasteiger partial charge in [0.05, 0.1) is 6.10 Å². The van der Waals surface area contributed by atoms with Crippen LogP contribution in [-0.2, 0) is 9.53 Å². The van der Waals surface area contributed by atoms with E-state index in [1.165, 1.54) is 103 Å². The van der Waals surface area contributed by atoms with Crippen molar-refractivity contribution in [2.45, 2.75) is 174 Å². The quantitative estimate of drug-likeness (QED) is 0.167. The van der Waals surface area contributed by atoms with Gasteiger partial charge in [0.15, 0.2) is 0 Å². The largest absolute Gasteiger partial charge is 0.462 e. The van der Waals surface area contributed by atoms with Crippen molar-refractivity contribution in [1.29, 1.82) is 0 Å². The molecular weight excluding hydrogens is 420 g/mol. The Morgan fingerprint density at radius 3 is 1.56 bits per heavy atom. The smallest absolute Gasteiger partial charge is 0.306 e. The van der Waals surface area contributed by atoms with Gasteiger partial charge in [0.25, 0.3) is 0 Å². The highest BCUT2D eigenvalue weighted by Gasteiger charge is 2.40. The molecule has 2 fully saturated rings. The second-order valence-corrected chi connectivity index (χ2v) is 12.3. The molecule has 2 saturated carbocycles. The highest BCUT2D eigenvalue weighted by atomic mass is 16.5. The first-order valence-corrected chi connectivity index (χ1v) is 15.3. The summed E-state index contributed by atoms with van der Waals surface area (Å²) >= 11 is 0. The third-order valence-electron chi connectivity index (χ3n) is 9.26. The molecule has 0 aromatic carbocycles. The fraction of sp³-hybridized carbons (Fsp3) is 0.968. The number of unbranched alkanes of at least 4 members (excludes halogenated alkanes) is 12. The Kier molecular flexibility index (Phi) is 14.8. The lowest BCUT2D eigenvalue weighted by atomic mass is 9.60. The van der Waals surface area contributed by atoms with Crippen LogP contribution in [0, 0.1) is 17.3 Å². The number of aliphatic hydroxyl groups excluding tert-OH is 1. The fourth-order valence-electron chi connectivity index (χ4n) is 6.61. The molecule has 0 radical (unpaired) electrons. The predicted molar refractivity (Wildman–Crippen MR) is 144 cm³/mol. The van der Waals surface area contributed by atoms with Crippen LogP contribution in [-0.4, -0.2) is 23.3 Å². The summed E-state index contributed by atoms with van der Waals surface area (Å²) in [6, 6.07) is 0. The molecule has 0 atom stereocenters. The lowest BCUT2D eigenvalue weighted by Crippen LogP contribution is -2.39. The molecular formula is C31H58O3. The number of hydrogen-bond donors (Lipinski definition) is 1. The summed E-state index contributed by atoms with van der Waals surface area (Å²) in [5.41, 5.74) is 0.337. The van der Waals surface area contributed by atoms with Gasteiger partial charge in [-0.3, -0.25) is 4.79 Å². The van der Waals surface area contributed by atoms with Crippen LogP contribution < -0.4 is 0 Å². The third kappa shape index (κ3) is 11.4. The Labute approximate surface area is 212 Å². The Morgan fingerprint density at radius 1 is 0.676 bits per heavy atom. The minimum absolute atomic E-state index is 0.0343. The summed E-state index contributed by atoms with van der Waals surface area (Å²) < 4.78 is 5.85. The van der Waals surface area contributed by atoms with Crippen LogP contribution in [0.15, 0.2) is 0 Å². The maximum atomic E-state index is 12.3. The van der Waals surface area contributed by atoms with E-state index < -0.39 is 0 Å². The van der Waals surface area contributed by atoms with Crippen molar-refractivity contribution in [3.8, 4) is 0 Å². The second kappa shape index (κ2) is 17.0. The van der Waals surface area contributed by atoms with Gasteiger partial charge in [0.2, 0.25) is 0 Å². The maximum absolute atomic E-state index is 12.3. The summed E-state index contributed by atoms with van der Waals surface area (Å²) in [5.74, 6) is 1.49. The molecule has 0 saturated heterocycles. The number of carbonyl (C=O) groups is 1. The lowest BCUT2D eigenvalue weighted by Gasteiger charge is -2.46. The van der Waals surface area contributed by atoms with Gasteiger partial charge < -0.3 is 9.84 Å². The summed E-state index contributed by atoms with van der Waals surface area (Å²) in [6.45, 7) is 7.17. The standard InChI is InChI=1S/C31H58O3/c1-4-5-6-7-8-9-10-11-12-13-14-15-16-17-30(33)34-29-24-20-27(21-25-29)31(2,3)26-18-22-28(32)23-19-26/h26-29,32H,4-25H2,1-3H3. The summed E-state index contributed by atoms with van der Waals surface area (Å²) in [6.07, 6.45) is 26.7. The first-order chi connectivity index (χ1) is 16.4. The zero-order chi connectivity index (χ0) is 24.7. The van der Waals surface area contributed by atoms with Crippen molar-refractivity contribution in [1.82, 2.24) is 0 Å². The second-order valence-electron chi connectivity index (χ2n) is 12.3. The highest BCUT2D eigenvalue weighted by molar-refractivity contribution is 5.69. The van der Waals surface area contributed by atoms with Crippen LogP contribution in [0.25, 0.3) is 0 Å². The first-order valence-electron chi connectivity index (χ1n) is 15.3. The van der Waals surface area contributed by atoms with E-state index in [-0.39, 0.29) is 18.2 Å². The molecule has 1 N–H and O–H groups in total. The molecule has 0 heterocycles. The molecule has 3 nitrogen and oxygen atoms in total. The van der Waals surface area contributed by atoms with Crippen molar-refractivity contribution in [3.63, 3.8) is 0 Å². The van der Waals surface area contributed by atoms with Crippen molar-refractivity contribution in [2.24, 2.45) is 17.3 Å². The molecule has 2 rings (SSSR count). The fourth-order valence-corrected chi connectivity index (χ4v) is 6.61. The normalized spacial score (nSPS) is 25.9. The van der Waals surface area contributed by atoms with E-state index in [1.807, 2.05) is 0 Å². The lowest BCUT2D eigenvalue weighted by molar-refractivity contribution is -0.151. The van der Waals surface area contributed by atoms with Crippen LogP contribution in [0.4, 0.5) is 0 Å². The van der Waals surface area contributed by atoms with Crippen LogP contribution in [0.1, 0.15) is 162 Å². The summed E-state index contributed by atoms with van der Waals surface area (Å²) in [5, 5.41) is 9.85. The van der Waals surface area contributed by atoms with Crippen molar-refractivity contribution >= 4 is 5.97 Å². The number of carbonyl (C=O) groups excluding carboxylic acids is 1. The van der Waals surface area contributed by atoms with Gasteiger partial charge in [0, 0.05) is 6.42 Å². The topological polar surface area (TPSA) is 46.5 Å². The van der Waals surface area contributed by atoms with Gasteiger partial charge in [-0.15, -0.1) is 0 Å². The molecule has 0 aliphatic heterocycles. The van der Waals surface area contributed by atoms with E-state index in [4.69, 9.17) is 4.74 Å². The number of esters is 1. The number of aliphatic hydroxyl groups is 1. The van der Waals surface area contributed by atoms with Crippen LogP contribution in [0.3, 0.4) is 0 Å². The van der Waals surface area contributed by atoms with Crippen LogP contribution >= 0.6 is 0 Å². The van der Waals surface area contributed by atoms with E-state index in [9.17, 15) is 9.90 Å². The zero-order valence-electron chi connectivity index (χ0n) is 23.1. The third-order valence-corrected chi connectivity index (χ3v) is 9.26. The zero-order valence-corrected chi connectivity index (χ0v) is 23.1. The first kappa shape index (κ1) is 29.7. The molecule has 0 unspecified atom stereocenters. The van der Waals surface area contributed by atoms with Crippen molar-refractivity contribution in [2.75, 3.05) is 0 Å². The average molecular weight is 479 g/mol. The summed E-state index contributed by atoms with van der Waals surface area (Å²) in [4.78, 5) is 12.3. The minimum atomic E-state index is -0.0721. The van der Waals surface area contributed by atoms with E-state index >= 15 is 0 Å². The van der Waals surface area contributed by atoms with E-state index in [0.717, 1.165) is 43.9 Å². The molecule has 0 aromatic heterocycles. The highest BCUT2D eigenvalue weighted by Crippen LogP contribution is 2.48. The molecule has 0 aromatic rings. The molecule has 200 valence electrons. The van der Waals surface area contributed by atoms with E-state index in [1.54, 1.807) is 0 Å². The van der Waals surface area contributed by atoms with Gasteiger partial charge in [-0.05, 0) is 75.0 Å². The predicted octanol–water partition coefficient (Wildman–Crippen LogP) is 9.15. The minimum Gasteiger partial charge on any atom is -0.462 e. The molecule has 3 heteroatoms.